The van der Waals surface area contributed by atoms with Gasteiger partial charge < -0.3 is 24.7 Å². The summed E-state index contributed by atoms with van der Waals surface area (Å²) in [7, 11) is 1.65. The Balaban J connectivity index is 1.40. The first-order chi connectivity index (χ1) is 18.3. The van der Waals surface area contributed by atoms with E-state index in [-0.39, 0.29) is 24.2 Å². The minimum atomic E-state index is -0.577. The maximum Gasteiger partial charge on any atom is 0.232 e. The predicted molar refractivity (Wildman–Crippen MR) is 143 cm³/mol. The van der Waals surface area contributed by atoms with Crippen LogP contribution >= 0.6 is 11.6 Å². The summed E-state index contributed by atoms with van der Waals surface area (Å²) in [5, 5.41) is 25.8. The second-order valence-electron chi connectivity index (χ2n) is 10.6. The lowest BCUT2D eigenvalue weighted by Crippen LogP contribution is -2.53. The number of ether oxygens (including phenoxy) is 3. The van der Waals surface area contributed by atoms with Gasteiger partial charge in [-0.05, 0) is 58.4 Å². The van der Waals surface area contributed by atoms with Gasteiger partial charge in [0.15, 0.2) is 0 Å². The molecule has 2 N–H and O–H groups in total. The van der Waals surface area contributed by atoms with Gasteiger partial charge in [-0.15, -0.1) is 0 Å². The fraction of sp³-hybridized carbons (Fsp3) is 0.630. The first-order valence-corrected chi connectivity index (χ1v) is 13.5. The number of aromatic nitrogens is 3. The van der Waals surface area contributed by atoms with Crippen molar-refractivity contribution in [2.24, 2.45) is 5.41 Å². The predicted octanol–water partition coefficient (Wildman–Crippen LogP) is 4.73. The quantitative estimate of drug-likeness (QED) is 0.405. The molecule has 1 atom stereocenters. The van der Waals surface area contributed by atoms with E-state index in [0.29, 0.717) is 60.6 Å². The van der Waals surface area contributed by atoms with Crippen molar-refractivity contribution in [1.82, 2.24) is 20.0 Å². The van der Waals surface area contributed by atoms with Crippen LogP contribution in [0.3, 0.4) is 0 Å². The van der Waals surface area contributed by atoms with E-state index in [2.05, 4.69) is 33.3 Å². The zero-order valence-electron chi connectivity index (χ0n) is 22.3. The first kappa shape index (κ1) is 28.5. The number of methoxy groups -OCH3 is 1. The van der Waals surface area contributed by atoms with Crippen LogP contribution in [0.25, 0.3) is 11.3 Å². The summed E-state index contributed by atoms with van der Waals surface area (Å²) >= 11 is 6.50. The smallest absolute Gasteiger partial charge is 0.232 e. The Labute approximate surface area is 229 Å². The molecule has 1 aliphatic carbocycles. The highest BCUT2D eigenvalue weighted by Crippen LogP contribution is 2.36. The van der Waals surface area contributed by atoms with Gasteiger partial charge in [0.05, 0.1) is 47.2 Å². The van der Waals surface area contributed by atoms with E-state index in [1.807, 2.05) is 13.0 Å². The molecule has 206 valence electrons. The molecule has 2 fully saturated rings. The molecule has 2 aliphatic rings. The number of halogens is 1. The lowest BCUT2D eigenvalue weighted by molar-refractivity contribution is -0.211. The topological polar surface area (TPSA) is 126 Å². The van der Waals surface area contributed by atoms with Crippen molar-refractivity contribution in [3.8, 4) is 23.2 Å². The lowest BCUT2D eigenvalue weighted by Gasteiger charge is -2.44. The number of hydrogen-bond donors (Lipinski definition) is 2. The molecule has 3 heterocycles. The van der Waals surface area contributed by atoms with Crippen molar-refractivity contribution in [3.63, 3.8) is 0 Å². The number of anilines is 1. The van der Waals surface area contributed by atoms with Crippen LogP contribution in [0.2, 0.25) is 5.02 Å². The maximum atomic E-state index is 10.7. The highest BCUT2D eigenvalue weighted by Gasteiger charge is 2.38. The third kappa shape index (κ3) is 6.71. The lowest BCUT2D eigenvalue weighted by atomic mass is 9.80. The highest BCUT2D eigenvalue weighted by molar-refractivity contribution is 6.33. The van der Waals surface area contributed by atoms with E-state index in [9.17, 15) is 10.5 Å². The van der Waals surface area contributed by atoms with Crippen molar-refractivity contribution in [3.05, 3.63) is 29.7 Å². The van der Waals surface area contributed by atoms with Crippen LogP contribution in [0.15, 0.2) is 24.7 Å². The molecule has 1 unspecified atom stereocenters. The minimum absolute atomic E-state index is 0.0713. The van der Waals surface area contributed by atoms with Gasteiger partial charge in [-0.25, -0.2) is 9.97 Å². The van der Waals surface area contributed by atoms with Crippen LogP contribution in [-0.2, 0) is 9.47 Å². The summed E-state index contributed by atoms with van der Waals surface area (Å²) in [6.07, 6.45) is 9.51. The van der Waals surface area contributed by atoms with Crippen molar-refractivity contribution in [2.75, 3.05) is 38.9 Å². The molecule has 1 saturated heterocycles. The molecule has 0 spiro atoms. The summed E-state index contributed by atoms with van der Waals surface area (Å²) in [6, 6.07) is 4.42. The first-order valence-electron chi connectivity index (χ1n) is 13.1. The van der Waals surface area contributed by atoms with Crippen molar-refractivity contribution in [2.45, 2.75) is 70.0 Å². The molecule has 10 nitrogen and oxygen atoms in total. The van der Waals surface area contributed by atoms with Gasteiger partial charge in [-0.1, -0.05) is 11.6 Å². The molecule has 0 aromatic carbocycles. The Kier molecular flexibility index (Phi) is 9.39. The molecular formula is C27H37ClN6O4. The Hall–Kier alpha value is -2.55. The molecule has 2 aromatic rings. The average Bonchev–Trinajstić information content (AvgIpc) is 2.94. The fourth-order valence-corrected chi connectivity index (χ4v) is 5.39. The highest BCUT2D eigenvalue weighted by atomic mass is 35.5. The van der Waals surface area contributed by atoms with E-state index in [1.54, 1.807) is 25.7 Å². The molecule has 38 heavy (non-hydrogen) atoms. The summed E-state index contributed by atoms with van der Waals surface area (Å²) in [6.45, 7) is 5.88. The summed E-state index contributed by atoms with van der Waals surface area (Å²) in [5.74, 6) is 1.04. The van der Waals surface area contributed by atoms with Crippen LogP contribution < -0.4 is 10.1 Å². The van der Waals surface area contributed by atoms with E-state index < -0.39 is 5.41 Å². The molecule has 0 amide bonds. The average molecular weight is 545 g/mol. The van der Waals surface area contributed by atoms with Crippen molar-refractivity contribution < 1.29 is 19.4 Å². The zero-order chi connectivity index (χ0) is 27.2. The number of nitrogens with one attached hydrogen (secondary N) is 1. The van der Waals surface area contributed by atoms with Crippen molar-refractivity contribution in [1.29, 1.82) is 5.26 Å². The third-order valence-electron chi connectivity index (χ3n) is 7.72. The zero-order valence-corrected chi connectivity index (χ0v) is 23.1. The van der Waals surface area contributed by atoms with Gasteiger partial charge in [0, 0.05) is 43.7 Å². The molecule has 11 heteroatoms. The second kappa shape index (κ2) is 12.5. The van der Waals surface area contributed by atoms with Crippen LogP contribution in [0.4, 0.5) is 5.82 Å². The van der Waals surface area contributed by atoms with Crippen LogP contribution in [-0.4, -0.2) is 76.4 Å². The largest absolute Gasteiger partial charge is 0.475 e. The fourth-order valence-electron chi connectivity index (χ4n) is 5.19. The molecule has 0 bridgehead atoms. The van der Waals surface area contributed by atoms with Crippen LogP contribution in [0.1, 0.15) is 52.4 Å². The third-order valence-corrected chi connectivity index (χ3v) is 8.02. The van der Waals surface area contributed by atoms with Gasteiger partial charge in [0.2, 0.25) is 5.88 Å². The Morgan fingerprint density at radius 1 is 1.26 bits per heavy atom. The SMILES string of the molecule is COCC(C)N(O)C1(C)CCC(Nc2cc(-c3cncc(OCC4(C#N)CCOCC4)n3)c(Cl)cn2)CC1. The number of pyridine rings is 1. The van der Waals surface area contributed by atoms with Gasteiger partial charge in [0.1, 0.15) is 12.4 Å². The molecule has 2 aromatic heterocycles. The Morgan fingerprint density at radius 3 is 2.68 bits per heavy atom. The summed E-state index contributed by atoms with van der Waals surface area (Å²) in [4.78, 5) is 13.4. The molecule has 0 radical (unpaired) electrons. The van der Waals surface area contributed by atoms with Crippen molar-refractivity contribution >= 4 is 17.4 Å². The standard InChI is InChI=1S/C27H37ClN6O4/c1-19(16-36-3)34(35)26(2)6-4-20(5-7-26)32-24-12-21(22(28)13-31-24)23-14-30-15-25(33-23)38-18-27(17-29)8-10-37-11-9-27/h12-15,19-20,35H,4-11,16,18H2,1-3H3,(H,31,32). The van der Waals surface area contributed by atoms with E-state index in [0.717, 1.165) is 25.7 Å². The summed E-state index contributed by atoms with van der Waals surface area (Å²) < 4.78 is 16.5. The van der Waals surface area contributed by atoms with Gasteiger partial charge in [-0.2, -0.15) is 10.3 Å². The van der Waals surface area contributed by atoms with E-state index in [4.69, 9.17) is 25.8 Å². The molecule has 1 aliphatic heterocycles. The normalized spacial score (nSPS) is 24.0. The van der Waals surface area contributed by atoms with Gasteiger partial charge >= 0.3 is 0 Å². The van der Waals surface area contributed by atoms with E-state index in [1.165, 1.54) is 5.06 Å². The van der Waals surface area contributed by atoms with Crippen LogP contribution in [0.5, 0.6) is 5.88 Å². The Bertz CT molecular complexity index is 1110. The van der Waals surface area contributed by atoms with Gasteiger partial charge in [-0.3, -0.25) is 4.98 Å². The second-order valence-corrected chi connectivity index (χ2v) is 11.1. The number of nitriles is 1. The molecule has 4 rings (SSSR count). The number of nitrogens with zero attached hydrogens (tertiary/aromatic N) is 5. The van der Waals surface area contributed by atoms with Crippen LogP contribution in [0, 0.1) is 16.7 Å². The van der Waals surface area contributed by atoms with E-state index >= 15 is 0 Å². The molecular weight excluding hydrogens is 508 g/mol. The Morgan fingerprint density at radius 2 is 2.00 bits per heavy atom. The van der Waals surface area contributed by atoms with Gasteiger partial charge in [0.25, 0.3) is 0 Å². The number of rotatable bonds is 10. The molecule has 1 saturated carbocycles. The monoisotopic (exact) mass is 544 g/mol. The number of hydroxylamine groups is 2. The summed E-state index contributed by atoms with van der Waals surface area (Å²) in [5.41, 5.74) is 0.389. The maximum absolute atomic E-state index is 10.7. The minimum Gasteiger partial charge on any atom is -0.475 e. The number of hydrogen-bond acceptors (Lipinski definition) is 10.